The number of hydrogen-bond acceptors (Lipinski definition) is 0. The van der Waals surface area contributed by atoms with Gasteiger partial charge in [-0.1, -0.05) is 47.1 Å². The van der Waals surface area contributed by atoms with Crippen LogP contribution in [0.25, 0.3) is 0 Å². The largest absolute Gasteiger partial charge is 0.0891 e. The number of aryl methyl sites for hydroxylation is 2. The van der Waals surface area contributed by atoms with Crippen LogP contribution < -0.4 is 0 Å². The summed E-state index contributed by atoms with van der Waals surface area (Å²) in [5.41, 5.74) is 2.93. The first-order valence-electron chi connectivity index (χ1n) is 5.42. The molecule has 0 N–H and O–H groups in total. The Hall–Kier alpha value is -0.300. The average Bonchev–Trinajstić information content (AvgIpc) is 2.20. The summed E-state index contributed by atoms with van der Waals surface area (Å²) in [7, 11) is 0. The van der Waals surface area contributed by atoms with Gasteiger partial charge in [0.1, 0.15) is 0 Å². The van der Waals surface area contributed by atoms with E-state index in [0.29, 0.717) is 4.83 Å². The Morgan fingerprint density at radius 2 is 2.00 bits per heavy atom. The molecule has 0 bridgehead atoms. The number of halogens is 1. The molecule has 0 fully saturated rings. The molecule has 0 aromatic heterocycles. The van der Waals surface area contributed by atoms with Gasteiger partial charge in [-0.3, -0.25) is 0 Å². The van der Waals surface area contributed by atoms with Crippen LogP contribution in [0.4, 0.5) is 0 Å². The molecule has 0 aliphatic carbocycles. The normalized spacial score (nSPS) is 12.8. The molecule has 1 atom stereocenters. The van der Waals surface area contributed by atoms with E-state index >= 15 is 0 Å². The van der Waals surface area contributed by atoms with Gasteiger partial charge < -0.3 is 0 Å². The van der Waals surface area contributed by atoms with Crippen molar-refractivity contribution in [2.45, 2.75) is 44.4 Å². The van der Waals surface area contributed by atoms with Gasteiger partial charge in [0.25, 0.3) is 0 Å². The lowest BCUT2D eigenvalue weighted by molar-refractivity contribution is 0.688. The topological polar surface area (TPSA) is 0 Å². The number of alkyl halides is 1. The lowest BCUT2D eigenvalue weighted by Gasteiger charge is -2.07. The molecule has 0 aliphatic heterocycles. The highest BCUT2D eigenvalue weighted by Crippen LogP contribution is 2.16. The molecule has 0 heterocycles. The molecule has 1 heteroatoms. The fourth-order valence-corrected chi connectivity index (χ4v) is 1.93. The second-order valence-electron chi connectivity index (χ2n) is 3.82. The van der Waals surface area contributed by atoms with Gasteiger partial charge in [0, 0.05) is 4.83 Å². The Balaban J connectivity index is 2.35. The molecule has 0 amide bonds. The molecule has 14 heavy (non-hydrogen) atoms. The molecule has 78 valence electrons. The van der Waals surface area contributed by atoms with Crippen LogP contribution in [0.15, 0.2) is 24.3 Å². The molecule has 0 radical (unpaired) electrons. The van der Waals surface area contributed by atoms with Crippen LogP contribution in [-0.2, 0) is 6.42 Å². The molecular formula is C13H19Br. The highest BCUT2D eigenvalue weighted by molar-refractivity contribution is 9.09. The maximum absolute atomic E-state index is 3.67. The number of rotatable bonds is 5. The van der Waals surface area contributed by atoms with Crippen molar-refractivity contribution >= 4 is 15.9 Å². The molecular weight excluding hydrogens is 236 g/mol. The summed E-state index contributed by atoms with van der Waals surface area (Å²) in [5.74, 6) is 0. The van der Waals surface area contributed by atoms with Crippen molar-refractivity contribution in [3.63, 3.8) is 0 Å². The van der Waals surface area contributed by atoms with Crippen LogP contribution >= 0.6 is 15.9 Å². The van der Waals surface area contributed by atoms with Gasteiger partial charge in [-0.15, -0.1) is 0 Å². The molecule has 1 unspecified atom stereocenters. The number of benzene rings is 1. The fraction of sp³-hybridized carbons (Fsp3) is 0.538. The fourth-order valence-electron chi connectivity index (χ4n) is 1.61. The lowest BCUT2D eigenvalue weighted by Crippen LogP contribution is -1.97. The summed E-state index contributed by atoms with van der Waals surface area (Å²) in [6.07, 6.45) is 5.02. The Labute approximate surface area is 95.9 Å². The van der Waals surface area contributed by atoms with E-state index in [0.717, 1.165) is 0 Å². The predicted molar refractivity (Wildman–Crippen MR) is 67.1 cm³/mol. The summed E-state index contributed by atoms with van der Waals surface area (Å²) < 4.78 is 0. The molecule has 1 aromatic carbocycles. The average molecular weight is 255 g/mol. The summed E-state index contributed by atoms with van der Waals surface area (Å²) in [4.78, 5) is 0.700. The zero-order valence-electron chi connectivity index (χ0n) is 9.09. The molecule has 0 spiro atoms. The zero-order chi connectivity index (χ0) is 10.4. The van der Waals surface area contributed by atoms with Crippen molar-refractivity contribution in [1.29, 1.82) is 0 Å². The highest BCUT2D eigenvalue weighted by Gasteiger charge is 2.01. The maximum atomic E-state index is 3.67. The van der Waals surface area contributed by atoms with Crippen molar-refractivity contribution in [3.05, 3.63) is 35.4 Å². The third-order valence-electron chi connectivity index (χ3n) is 2.67. The Kier molecular flexibility index (Phi) is 5.24. The second-order valence-corrected chi connectivity index (χ2v) is 5.12. The third-order valence-corrected chi connectivity index (χ3v) is 3.77. The lowest BCUT2D eigenvalue weighted by atomic mass is 10.0. The smallest absolute Gasteiger partial charge is 0.0143 e. The molecule has 1 aromatic rings. The Morgan fingerprint density at radius 3 is 2.64 bits per heavy atom. The van der Waals surface area contributed by atoms with Crippen LogP contribution in [-0.4, -0.2) is 4.83 Å². The minimum atomic E-state index is 0.700. The van der Waals surface area contributed by atoms with Gasteiger partial charge in [-0.2, -0.15) is 0 Å². The van der Waals surface area contributed by atoms with Gasteiger partial charge in [0.2, 0.25) is 0 Å². The van der Waals surface area contributed by atoms with Crippen molar-refractivity contribution in [3.8, 4) is 0 Å². The molecule has 1 rings (SSSR count). The second kappa shape index (κ2) is 6.23. The van der Waals surface area contributed by atoms with E-state index in [1.165, 1.54) is 36.8 Å². The third kappa shape index (κ3) is 3.83. The van der Waals surface area contributed by atoms with E-state index in [2.05, 4.69) is 54.0 Å². The van der Waals surface area contributed by atoms with Crippen LogP contribution in [0.1, 0.15) is 37.3 Å². The molecule has 0 nitrogen and oxygen atoms in total. The van der Waals surface area contributed by atoms with Crippen LogP contribution in [0.3, 0.4) is 0 Å². The van der Waals surface area contributed by atoms with Gasteiger partial charge in [-0.05, 0) is 43.7 Å². The Bertz CT molecular complexity index is 268. The van der Waals surface area contributed by atoms with E-state index < -0.39 is 0 Å². The zero-order valence-corrected chi connectivity index (χ0v) is 10.7. The van der Waals surface area contributed by atoms with E-state index in [9.17, 15) is 0 Å². The maximum Gasteiger partial charge on any atom is 0.0143 e. The minimum Gasteiger partial charge on any atom is -0.0891 e. The first kappa shape index (κ1) is 11.8. The van der Waals surface area contributed by atoms with E-state index in [4.69, 9.17) is 0 Å². The SMILES string of the molecule is CCC(Br)CCCc1ccccc1C. The summed E-state index contributed by atoms with van der Waals surface area (Å²) in [5, 5.41) is 0. The summed E-state index contributed by atoms with van der Waals surface area (Å²) >= 11 is 3.67. The number of hydrogen-bond donors (Lipinski definition) is 0. The van der Waals surface area contributed by atoms with E-state index in [-0.39, 0.29) is 0 Å². The Morgan fingerprint density at radius 1 is 1.29 bits per heavy atom. The van der Waals surface area contributed by atoms with E-state index in [1.807, 2.05) is 0 Å². The first-order chi connectivity index (χ1) is 6.74. The van der Waals surface area contributed by atoms with Crippen molar-refractivity contribution < 1.29 is 0 Å². The standard InChI is InChI=1S/C13H19Br/c1-3-13(14)10-6-9-12-8-5-4-7-11(12)2/h4-5,7-8,13H,3,6,9-10H2,1-2H3. The molecule has 0 saturated carbocycles. The van der Waals surface area contributed by atoms with Gasteiger partial charge in [-0.25, -0.2) is 0 Å². The van der Waals surface area contributed by atoms with Gasteiger partial charge >= 0.3 is 0 Å². The van der Waals surface area contributed by atoms with Gasteiger partial charge in [0.15, 0.2) is 0 Å². The monoisotopic (exact) mass is 254 g/mol. The highest BCUT2D eigenvalue weighted by atomic mass is 79.9. The van der Waals surface area contributed by atoms with Crippen molar-refractivity contribution in [1.82, 2.24) is 0 Å². The summed E-state index contributed by atoms with van der Waals surface area (Å²) in [6.45, 7) is 4.42. The quantitative estimate of drug-likeness (QED) is 0.680. The summed E-state index contributed by atoms with van der Waals surface area (Å²) in [6, 6.07) is 8.68. The minimum absolute atomic E-state index is 0.700. The van der Waals surface area contributed by atoms with Gasteiger partial charge in [0.05, 0.1) is 0 Å². The predicted octanol–water partition coefficient (Wildman–Crippen LogP) is 4.49. The van der Waals surface area contributed by atoms with Crippen LogP contribution in [0, 0.1) is 6.92 Å². The first-order valence-corrected chi connectivity index (χ1v) is 6.34. The van der Waals surface area contributed by atoms with Crippen molar-refractivity contribution in [2.75, 3.05) is 0 Å². The van der Waals surface area contributed by atoms with Crippen molar-refractivity contribution in [2.24, 2.45) is 0 Å². The van der Waals surface area contributed by atoms with E-state index in [1.54, 1.807) is 0 Å². The molecule has 0 aliphatic rings. The van der Waals surface area contributed by atoms with Crippen LogP contribution in [0.2, 0.25) is 0 Å². The van der Waals surface area contributed by atoms with Crippen LogP contribution in [0.5, 0.6) is 0 Å². The molecule has 0 saturated heterocycles.